The van der Waals surface area contributed by atoms with Crippen LogP contribution in [0.25, 0.3) is 0 Å². The molecule has 0 bridgehead atoms. The van der Waals surface area contributed by atoms with Crippen molar-refractivity contribution in [3.8, 4) is 0 Å². The number of nitrogens with zero attached hydrogens (tertiary/aromatic N) is 2. The van der Waals surface area contributed by atoms with E-state index >= 15 is 0 Å². The quantitative estimate of drug-likeness (QED) is 0.620. The zero-order valence-corrected chi connectivity index (χ0v) is 10.2. The lowest BCUT2D eigenvalue weighted by molar-refractivity contribution is 0.412. The van der Waals surface area contributed by atoms with E-state index in [4.69, 9.17) is 8.94 Å². The first-order chi connectivity index (χ1) is 8.88. The molecule has 0 saturated carbocycles. The van der Waals surface area contributed by atoms with Crippen LogP contribution in [0.15, 0.2) is 44.7 Å². The zero-order valence-electron chi connectivity index (χ0n) is 10.2. The van der Waals surface area contributed by atoms with Crippen LogP contribution in [0.3, 0.4) is 0 Å². The summed E-state index contributed by atoms with van der Waals surface area (Å²) in [7, 11) is 0. The maximum atomic E-state index is 5.24. The molecular weight excluding hydrogens is 232 g/mol. The minimum absolute atomic E-state index is 0.476. The van der Waals surface area contributed by atoms with E-state index in [1.165, 1.54) is 6.26 Å². The molecule has 0 aromatic carbocycles. The lowest BCUT2D eigenvalue weighted by Crippen LogP contribution is -2.36. The Hall–Kier alpha value is -2.24. The third kappa shape index (κ3) is 3.65. The monoisotopic (exact) mass is 248 g/mol. The summed E-state index contributed by atoms with van der Waals surface area (Å²) in [6, 6.07) is 5.56. The van der Waals surface area contributed by atoms with Gasteiger partial charge in [0, 0.05) is 12.6 Å². The molecule has 0 fully saturated rings. The van der Waals surface area contributed by atoms with E-state index in [9.17, 15) is 0 Å². The van der Waals surface area contributed by atoms with Gasteiger partial charge in [-0.05, 0) is 19.1 Å². The fourth-order valence-electron chi connectivity index (χ4n) is 1.40. The molecule has 2 heterocycles. The summed E-state index contributed by atoms with van der Waals surface area (Å²) in [5.41, 5.74) is 0.796. The summed E-state index contributed by atoms with van der Waals surface area (Å²) in [6.07, 6.45) is 3.19. The van der Waals surface area contributed by atoms with Gasteiger partial charge in [0.25, 0.3) is 0 Å². The van der Waals surface area contributed by atoms with Crippen LogP contribution in [-0.4, -0.2) is 17.7 Å². The number of guanidine groups is 1. The predicted molar refractivity (Wildman–Crippen MR) is 66.9 cm³/mol. The second kappa shape index (κ2) is 6.48. The molecule has 0 aliphatic heterocycles. The highest BCUT2D eigenvalue weighted by molar-refractivity contribution is 5.79. The third-order valence-electron chi connectivity index (χ3n) is 2.24. The minimum Gasteiger partial charge on any atom is -0.467 e. The Bertz CT molecular complexity index is 462. The summed E-state index contributed by atoms with van der Waals surface area (Å²) >= 11 is 0. The zero-order chi connectivity index (χ0) is 12.6. The second-order valence-electron chi connectivity index (χ2n) is 3.62. The Labute approximate surface area is 105 Å². The smallest absolute Gasteiger partial charge is 0.192 e. The number of aromatic nitrogens is 1. The molecule has 0 atom stereocenters. The van der Waals surface area contributed by atoms with Gasteiger partial charge in [0.15, 0.2) is 5.96 Å². The van der Waals surface area contributed by atoms with Gasteiger partial charge in [0.05, 0.1) is 19.4 Å². The molecule has 0 amide bonds. The first-order valence-corrected chi connectivity index (χ1v) is 5.82. The van der Waals surface area contributed by atoms with Crippen LogP contribution in [0.1, 0.15) is 18.4 Å². The molecule has 2 N–H and O–H groups in total. The summed E-state index contributed by atoms with van der Waals surface area (Å²) in [6.45, 7) is 3.88. The average Bonchev–Trinajstić information content (AvgIpc) is 3.05. The maximum absolute atomic E-state index is 5.24. The molecular formula is C12H16N4O2. The van der Waals surface area contributed by atoms with Gasteiger partial charge in [-0.15, -0.1) is 0 Å². The molecule has 0 aliphatic carbocycles. The Kier molecular flexibility index (Phi) is 4.40. The van der Waals surface area contributed by atoms with E-state index in [-0.39, 0.29) is 0 Å². The van der Waals surface area contributed by atoms with Gasteiger partial charge in [0.1, 0.15) is 17.7 Å². The lowest BCUT2D eigenvalue weighted by Gasteiger charge is -2.09. The SMILES string of the molecule is CCNC(=NCc1ccon1)NCc1ccco1. The van der Waals surface area contributed by atoms with Gasteiger partial charge in [-0.3, -0.25) is 0 Å². The van der Waals surface area contributed by atoms with Gasteiger partial charge in [-0.25, -0.2) is 4.99 Å². The fraction of sp³-hybridized carbons (Fsp3) is 0.333. The van der Waals surface area contributed by atoms with Crippen molar-refractivity contribution in [3.05, 3.63) is 42.2 Å². The summed E-state index contributed by atoms with van der Waals surface area (Å²) < 4.78 is 9.99. The molecule has 0 spiro atoms. The van der Waals surface area contributed by atoms with Crippen LogP contribution < -0.4 is 10.6 Å². The van der Waals surface area contributed by atoms with Crippen LogP contribution in [-0.2, 0) is 13.1 Å². The molecule has 0 radical (unpaired) electrons. The Morgan fingerprint density at radius 3 is 2.94 bits per heavy atom. The van der Waals surface area contributed by atoms with E-state index in [2.05, 4.69) is 20.8 Å². The van der Waals surface area contributed by atoms with Gasteiger partial charge in [-0.2, -0.15) is 0 Å². The number of aliphatic imine (C=N–C) groups is 1. The van der Waals surface area contributed by atoms with Gasteiger partial charge < -0.3 is 19.6 Å². The van der Waals surface area contributed by atoms with E-state index < -0.39 is 0 Å². The maximum Gasteiger partial charge on any atom is 0.192 e. The molecule has 0 saturated heterocycles. The Morgan fingerprint density at radius 1 is 1.33 bits per heavy atom. The minimum atomic E-state index is 0.476. The topological polar surface area (TPSA) is 75.6 Å². The third-order valence-corrected chi connectivity index (χ3v) is 2.24. The molecule has 0 unspecified atom stereocenters. The first kappa shape index (κ1) is 12.2. The molecule has 2 aromatic rings. The Balaban J connectivity index is 1.88. The van der Waals surface area contributed by atoms with Crippen molar-refractivity contribution in [1.82, 2.24) is 15.8 Å². The van der Waals surface area contributed by atoms with E-state index in [1.54, 1.807) is 12.3 Å². The highest BCUT2D eigenvalue weighted by Crippen LogP contribution is 1.99. The van der Waals surface area contributed by atoms with Crippen LogP contribution in [0.5, 0.6) is 0 Å². The molecule has 96 valence electrons. The van der Waals surface area contributed by atoms with Crippen molar-refractivity contribution in [1.29, 1.82) is 0 Å². The number of hydrogen-bond donors (Lipinski definition) is 2. The van der Waals surface area contributed by atoms with Crippen molar-refractivity contribution in [2.45, 2.75) is 20.0 Å². The van der Waals surface area contributed by atoms with E-state index in [1.807, 2.05) is 19.1 Å². The molecule has 6 heteroatoms. The molecule has 2 rings (SSSR count). The number of nitrogens with one attached hydrogen (secondary N) is 2. The number of furan rings is 1. The average molecular weight is 248 g/mol. The molecule has 18 heavy (non-hydrogen) atoms. The van der Waals surface area contributed by atoms with Crippen molar-refractivity contribution in [2.75, 3.05) is 6.54 Å². The highest BCUT2D eigenvalue weighted by Gasteiger charge is 2.00. The predicted octanol–water partition coefficient (Wildman–Crippen LogP) is 1.52. The van der Waals surface area contributed by atoms with Crippen molar-refractivity contribution < 1.29 is 8.94 Å². The van der Waals surface area contributed by atoms with Crippen molar-refractivity contribution in [3.63, 3.8) is 0 Å². The van der Waals surface area contributed by atoms with Crippen molar-refractivity contribution >= 4 is 5.96 Å². The van der Waals surface area contributed by atoms with Gasteiger partial charge >= 0.3 is 0 Å². The fourth-order valence-corrected chi connectivity index (χ4v) is 1.40. The van der Waals surface area contributed by atoms with Crippen LogP contribution in [0.4, 0.5) is 0 Å². The van der Waals surface area contributed by atoms with Gasteiger partial charge in [-0.1, -0.05) is 5.16 Å². The summed E-state index contributed by atoms with van der Waals surface area (Å²) in [4.78, 5) is 4.39. The highest BCUT2D eigenvalue weighted by atomic mass is 16.5. The van der Waals surface area contributed by atoms with Crippen LogP contribution in [0, 0.1) is 0 Å². The van der Waals surface area contributed by atoms with Crippen LogP contribution >= 0.6 is 0 Å². The first-order valence-electron chi connectivity index (χ1n) is 5.82. The lowest BCUT2D eigenvalue weighted by atomic mass is 10.4. The van der Waals surface area contributed by atoms with E-state index in [0.29, 0.717) is 13.1 Å². The standard InChI is InChI=1S/C12H16N4O2/c1-2-13-12(14-8-10-5-7-18-16-10)15-9-11-4-3-6-17-11/h3-7H,2,8-9H2,1H3,(H2,13,14,15). The largest absolute Gasteiger partial charge is 0.467 e. The van der Waals surface area contributed by atoms with Crippen LogP contribution in [0.2, 0.25) is 0 Å². The van der Waals surface area contributed by atoms with Crippen molar-refractivity contribution in [2.24, 2.45) is 4.99 Å². The van der Waals surface area contributed by atoms with E-state index in [0.717, 1.165) is 24.0 Å². The van der Waals surface area contributed by atoms with Gasteiger partial charge in [0.2, 0.25) is 0 Å². The number of hydrogen-bond acceptors (Lipinski definition) is 4. The second-order valence-corrected chi connectivity index (χ2v) is 3.62. The molecule has 0 aliphatic rings. The molecule has 6 nitrogen and oxygen atoms in total. The number of rotatable bonds is 5. The summed E-state index contributed by atoms with van der Waals surface area (Å²) in [5, 5.41) is 10.1. The Morgan fingerprint density at radius 2 is 2.28 bits per heavy atom. The summed E-state index contributed by atoms with van der Waals surface area (Å²) in [5.74, 6) is 1.58. The normalized spacial score (nSPS) is 11.5. The molecule has 2 aromatic heterocycles.